The molecule has 0 radical (unpaired) electrons. The normalized spacial score (nSPS) is 10.7. The van der Waals surface area contributed by atoms with Gasteiger partial charge in [0.1, 0.15) is 0 Å². The largest absolute Gasteiger partial charge is 0.779 e. The van der Waals surface area contributed by atoms with Gasteiger partial charge in [-0.3, -0.25) is 4.46 Å². The Hall–Kier alpha value is -1.56. The van der Waals surface area contributed by atoms with Crippen LogP contribution in [0.15, 0.2) is 20.3 Å². The number of benzene rings is 1. The molecule has 0 saturated carbocycles. The zero-order valence-corrected chi connectivity index (χ0v) is 6.77. The Morgan fingerprint density at radius 3 is 2.75 bits per heavy atom. The molecule has 0 unspecified atom stereocenters. The highest BCUT2D eigenvalue weighted by Gasteiger charge is 2.12. The molecule has 0 aliphatic rings. The number of phenolic OH excluding ortho intramolecular Hbond substituents is 2. The van der Waals surface area contributed by atoms with Gasteiger partial charge in [-0.05, 0) is 12.1 Å². The lowest BCUT2D eigenvalue weighted by molar-refractivity contribution is 0.401. The van der Waals surface area contributed by atoms with Crippen LogP contribution in [0, 0.1) is 0 Å². The van der Waals surface area contributed by atoms with Crippen molar-refractivity contribution < 1.29 is 22.9 Å². The molecule has 0 atom stereocenters. The average Bonchev–Trinajstić information content (AvgIpc) is 2.39. The fourth-order valence-electron chi connectivity index (χ4n) is 0.915. The highest BCUT2D eigenvalue weighted by molar-refractivity contribution is 6.17. The molecule has 62 valence electrons. The van der Waals surface area contributed by atoms with Gasteiger partial charge in [0, 0.05) is 0 Å². The molecule has 0 spiro atoms. The molecule has 0 aliphatic heterocycles. The first-order valence-corrected chi connectivity index (χ1v) is 4.35. The Balaban J connectivity index is 2.99. The summed E-state index contributed by atoms with van der Waals surface area (Å²) < 4.78 is 20.0. The number of phenols is 2. The van der Waals surface area contributed by atoms with Crippen LogP contribution in [0.25, 0.3) is 11.2 Å². The van der Waals surface area contributed by atoms with Crippen molar-refractivity contribution in [2.24, 2.45) is 0 Å². The zero-order valence-electron chi connectivity index (χ0n) is 5.77. The topological polar surface area (TPSA) is 83.8 Å². The molecule has 0 amide bonds. The van der Waals surface area contributed by atoms with Crippen molar-refractivity contribution in [1.82, 2.24) is 0 Å². The first kappa shape index (κ1) is 7.11. The number of fused-ring (bicyclic) bond motifs is 1. The first-order valence-electron chi connectivity index (χ1n) is 3.13. The fourth-order valence-corrected chi connectivity index (χ4v) is 1.66. The second-order valence-corrected chi connectivity index (χ2v) is 3.12. The monoisotopic (exact) mass is 184 g/mol. The Morgan fingerprint density at radius 2 is 2.00 bits per heavy atom. The van der Waals surface area contributed by atoms with E-state index in [4.69, 9.17) is 14.3 Å². The Morgan fingerprint density at radius 1 is 1.25 bits per heavy atom. The van der Waals surface area contributed by atoms with Crippen LogP contribution in [-0.4, -0.2) is 19.0 Å². The van der Waals surface area contributed by atoms with Crippen LogP contribution < -0.4 is 0 Å². The number of hydrogen-bond donors (Lipinski definition) is 2. The molecule has 6 heteroatoms. The lowest BCUT2D eigenvalue weighted by Crippen LogP contribution is -1.68. The molecule has 0 saturated heterocycles. The first-order chi connectivity index (χ1) is 5.68. The fraction of sp³-hybridized carbons (Fsp3) is 0. The Bertz CT molecular complexity index is 482. The molecule has 5 nitrogen and oxygen atoms in total. The molecule has 2 aromatic rings. The van der Waals surface area contributed by atoms with Crippen molar-refractivity contribution in [3.63, 3.8) is 0 Å². The molecule has 1 heterocycles. The van der Waals surface area contributed by atoms with Crippen LogP contribution in [0.3, 0.4) is 0 Å². The van der Waals surface area contributed by atoms with Crippen LogP contribution in [0.2, 0.25) is 0 Å². The quantitative estimate of drug-likeness (QED) is 0.470. The summed E-state index contributed by atoms with van der Waals surface area (Å²) in [6, 6.07) is 2.61. The van der Waals surface area contributed by atoms with Gasteiger partial charge in [0.25, 0.3) is 0 Å². The third-order valence-electron chi connectivity index (χ3n) is 1.45. The van der Waals surface area contributed by atoms with E-state index in [-0.39, 0.29) is 16.9 Å². The average molecular weight is 184 g/mol. The van der Waals surface area contributed by atoms with E-state index in [1.165, 1.54) is 12.1 Å². The van der Waals surface area contributed by atoms with Gasteiger partial charge in [0.15, 0.2) is 11.3 Å². The standard InChI is InChI=1S/C6H4O5Si/c7-3-1-2-4-6(5(3)8)11-12(9)10-4/h1-2,7-8H. The molecular weight excluding hydrogens is 180 g/mol. The minimum atomic E-state index is -2.57. The third kappa shape index (κ3) is 0.850. The van der Waals surface area contributed by atoms with Crippen molar-refractivity contribution in [3.05, 3.63) is 12.1 Å². The summed E-state index contributed by atoms with van der Waals surface area (Å²) in [6.07, 6.45) is 0. The van der Waals surface area contributed by atoms with Crippen molar-refractivity contribution in [2.75, 3.05) is 0 Å². The van der Waals surface area contributed by atoms with Crippen molar-refractivity contribution >= 4 is 20.0 Å². The smallest absolute Gasteiger partial charge is 0.504 e. The van der Waals surface area contributed by atoms with Gasteiger partial charge in [0.05, 0.1) is 0 Å². The summed E-state index contributed by atoms with van der Waals surface area (Å²) in [5.41, 5.74) is 0.132. The maximum absolute atomic E-state index is 10.7. The minimum absolute atomic E-state index is 0.0566. The summed E-state index contributed by atoms with van der Waals surface area (Å²) >= 11 is 0. The molecule has 1 aromatic carbocycles. The lowest BCUT2D eigenvalue weighted by atomic mass is 10.3. The van der Waals surface area contributed by atoms with Gasteiger partial charge in [-0.15, -0.1) is 0 Å². The van der Waals surface area contributed by atoms with E-state index in [2.05, 4.69) is 4.10 Å². The van der Waals surface area contributed by atoms with E-state index < -0.39 is 14.5 Å². The van der Waals surface area contributed by atoms with Crippen LogP contribution >= 0.6 is 0 Å². The summed E-state index contributed by atoms with van der Waals surface area (Å²) in [4.78, 5) is 0. The molecule has 0 bridgehead atoms. The van der Waals surface area contributed by atoms with Gasteiger partial charge in [0.2, 0.25) is 11.3 Å². The molecule has 0 fully saturated rings. The third-order valence-corrected chi connectivity index (χ3v) is 2.21. The van der Waals surface area contributed by atoms with E-state index in [9.17, 15) is 4.46 Å². The maximum Gasteiger partial charge on any atom is 0.779 e. The summed E-state index contributed by atoms with van der Waals surface area (Å²) in [7, 11) is -2.57. The predicted octanol–water partition coefficient (Wildman–Crippen LogP) is 0.937. The van der Waals surface area contributed by atoms with Crippen molar-refractivity contribution in [2.45, 2.75) is 0 Å². The second kappa shape index (κ2) is 2.21. The van der Waals surface area contributed by atoms with Gasteiger partial charge < -0.3 is 18.4 Å². The van der Waals surface area contributed by atoms with Crippen LogP contribution in [0.4, 0.5) is 0 Å². The molecular formula is C6H4O5Si. The summed E-state index contributed by atoms with van der Waals surface area (Å²) in [5.74, 6) is -0.766. The second-order valence-electron chi connectivity index (χ2n) is 2.21. The molecule has 2 rings (SSSR count). The van der Waals surface area contributed by atoms with E-state index in [0.29, 0.717) is 0 Å². The number of aromatic hydroxyl groups is 2. The highest BCUT2D eigenvalue weighted by Crippen LogP contribution is 2.32. The molecule has 2 N–H and O–H groups in total. The van der Waals surface area contributed by atoms with Gasteiger partial charge in [-0.2, -0.15) is 0 Å². The van der Waals surface area contributed by atoms with Crippen LogP contribution in [-0.2, 0) is 4.46 Å². The maximum atomic E-state index is 10.7. The van der Waals surface area contributed by atoms with Crippen LogP contribution in [0.5, 0.6) is 11.5 Å². The zero-order chi connectivity index (χ0) is 8.72. The van der Waals surface area contributed by atoms with Gasteiger partial charge >= 0.3 is 8.80 Å². The number of hydrogen-bond acceptors (Lipinski definition) is 5. The Labute approximate surface area is 67.3 Å². The van der Waals surface area contributed by atoms with E-state index in [0.717, 1.165) is 0 Å². The minimum Gasteiger partial charge on any atom is -0.504 e. The van der Waals surface area contributed by atoms with Crippen molar-refractivity contribution in [3.8, 4) is 11.5 Å². The predicted molar refractivity (Wildman–Crippen MR) is 38.3 cm³/mol. The SMILES string of the molecule is O=[si]1oc2ccc(O)c(O)c2o1. The van der Waals surface area contributed by atoms with E-state index in [1.807, 2.05) is 0 Å². The highest BCUT2D eigenvalue weighted by atomic mass is 28.2. The molecule has 12 heavy (non-hydrogen) atoms. The van der Waals surface area contributed by atoms with Gasteiger partial charge in [-0.1, -0.05) is 0 Å². The van der Waals surface area contributed by atoms with Gasteiger partial charge in [-0.25, -0.2) is 0 Å². The summed E-state index contributed by atoms with van der Waals surface area (Å²) in [6.45, 7) is 0. The lowest BCUT2D eigenvalue weighted by Gasteiger charge is -1.94. The molecule has 0 aliphatic carbocycles. The Kier molecular flexibility index (Phi) is 1.31. The van der Waals surface area contributed by atoms with E-state index >= 15 is 0 Å². The van der Waals surface area contributed by atoms with Crippen molar-refractivity contribution in [1.29, 1.82) is 0 Å². The molecule has 1 aromatic heterocycles. The van der Waals surface area contributed by atoms with E-state index in [1.54, 1.807) is 0 Å². The van der Waals surface area contributed by atoms with Crippen LogP contribution in [0.1, 0.15) is 0 Å². The summed E-state index contributed by atoms with van der Waals surface area (Å²) in [5, 5.41) is 18.2. The number of rotatable bonds is 0.